The van der Waals surface area contributed by atoms with Crippen molar-refractivity contribution in [2.24, 2.45) is 0 Å². The van der Waals surface area contributed by atoms with Crippen LogP contribution in [0.15, 0.2) is 60.9 Å². The monoisotopic (exact) mass is 567 g/mol. The molecule has 2 N–H and O–H groups in total. The van der Waals surface area contributed by atoms with Gasteiger partial charge >= 0.3 is 0 Å². The molecule has 0 saturated carbocycles. The number of nitrogens with one attached hydrogen (secondary N) is 2. The predicted molar refractivity (Wildman–Crippen MR) is 149 cm³/mol. The molecule has 9 nitrogen and oxygen atoms in total. The van der Waals surface area contributed by atoms with Crippen molar-refractivity contribution in [2.45, 2.75) is 45.6 Å². The summed E-state index contributed by atoms with van der Waals surface area (Å²) in [7, 11) is 0. The number of aryl methyl sites for hydroxylation is 2. The summed E-state index contributed by atoms with van der Waals surface area (Å²) in [6.07, 6.45) is 3.12. The number of hydrogen-bond donors (Lipinski definition) is 2. The minimum Gasteiger partial charge on any atom is -0.353 e. The van der Waals surface area contributed by atoms with Crippen molar-refractivity contribution in [1.29, 1.82) is 0 Å². The molecule has 0 unspecified atom stereocenters. The number of carbonyl (C=O) groups is 2. The van der Waals surface area contributed by atoms with Crippen molar-refractivity contribution in [1.82, 2.24) is 30.2 Å². The molecule has 0 bridgehead atoms. The lowest BCUT2D eigenvalue weighted by Crippen LogP contribution is -2.37. The van der Waals surface area contributed by atoms with E-state index in [-0.39, 0.29) is 23.5 Å². The van der Waals surface area contributed by atoms with Gasteiger partial charge in [0.05, 0.1) is 12.7 Å². The number of hydrogen-bond acceptors (Lipinski definition) is 6. The van der Waals surface area contributed by atoms with Gasteiger partial charge in [0.1, 0.15) is 17.3 Å². The SMILES string of the molecule is CCCc1cnc(C(=O)N[C@H]2CCN(c3ccc4ncc(C(=O)NCC(F)F)n4n3)C2)cc1C.Fc1ccccc1. The summed E-state index contributed by atoms with van der Waals surface area (Å²) in [5.74, 6) is -0.462. The van der Waals surface area contributed by atoms with Crippen molar-refractivity contribution < 1.29 is 22.8 Å². The van der Waals surface area contributed by atoms with Crippen molar-refractivity contribution in [3.63, 3.8) is 0 Å². The van der Waals surface area contributed by atoms with Crippen LogP contribution in [-0.2, 0) is 6.42 Å². The summed E-state index contributed by atoms with van der Waals surface area (Å²) in [6.45, 7) is 4.55. The summed E-state index contributed by atoms with van der Waals surface area (Å²) in [5, 5.41) is 9.69. The number of fused-ring (bicyclic) bond motifs is 1. The number of anilines is 1. The van der Waals surface area contributed by atoms with Gasteiger partial charge in [-0.1, -0.05) is 31.5 Å². The molecule has 5 rings (SSSR count). The number of nitrogens with zero attached hydrogens (tertiary/aromatic N) is 5. The molecule has 0 aliphatic carbocycles. The first-order valence-corrected chi connectivity index (χ1v) is 13.4. The van der Waals surface area contributed by atoms with Gasteiger partial charge in [-0.25, -0.2) is 22.7 Å². The Bertz CT molecular complexity index is 1480. The Morgan fingerprint density at radius 1 is 1.07 bits per heavy atom. The molecule has 1 atom stereocenters. The average Bonchev–Trinajstić information content (AvgIpc) is 3.60. The Morgan fingerprint density at radius 3 is 2.51 bits per heavy atom. The highest BCUT2D eigenvalue weighted by atomic mass is 19.3. The van der Waals surface area contributed by atoms with Crippen LogP contribution in [-0.4, -0.2) is 63.5 Å². The Hall–Kier alpha value is -4.48. The van der Waals surface area contributed by atoms with E-state index >= 15 is 0 Å². The molecule has 1 aliphatic heterocycles. The summed E-state index contributed by atoms with van der Waals surface area (Å²) >= 11 is 0. The number of alkyl halides is 2. The largest absolute Gasteiger partial charge is 0.353 e. The van der Waals surface area contributed by atoms with Gasteiger partial charge in [0, 0.05) is 25.3 Å². The van der Waals surface area contributed by atoms with Gasteiger partial charge < -0.3 is 15.5 Å². The van der Waals surface area contributed by atoms with E-state index in [2.05, 4.69) is 32.6 Å². The highest BCUT2D eigenvalue weighted by Crippen LogP contribution is 2.20. The van der Waals surface area contributed by atoms with Gasteiger partial charge in [0.15, 0.2) is 11.3 Å². The van der Waals surface area contributed by atoms with Crippen molar-refractivity contribution in [3.05, 3.63) is 89.3 Å². The molecule has 0 spiro atoms. The van der Waals surface area contributed by atoms with Gasteiger partial charge in [-0.15, -0.1) is 5.10 Å². The molecule has 2 amide bonds. The van der Waals surface area contributed by atoms with E-state index in [1.807, 2.05) is 17.9 Å². The van der Waals surface area contributed by atoms with Crippen molar-refractivity contribution in [3.8, 4) is 0 Å². The predicted octanol–water partition coefficient (Wildman–Crippen LogP) is 4.21. The number of pyridine rings is 1. The number of carbonyl (C=O) groups excluding carboxylic acids is 2. The highest BCUT2D eigenvalue weighted by molar-refractivity contribution is 5.93. The first-order valence-electron chi connectivity index (χ1n) is 13.4. The lowest BCUT2D eigenvalue weighted by atomic mass is 10.1. The minimum absolute atomic E-state index is 0.0783. The van der Waals surface area contributed by atoms with Crippen LogP contribution in [0.4, 0.5) is 19.0 Å². The van der Waals surface area contributed by atoms with Crippen molar-refractivity contribution >= 4 is 23.3 Å². The third kappa shape index (κ3) is 7.80. The van der Waals surface area contributed by atoms with Crippen molar-refractivity contribution in [2.75, 3.05) is 24.5 Å². The Kier molecular flexibility index (Phi) is 9.88. The smallest absolute Gasteiger partial charge is 0.271 e. The summed E-state index contributed by atoms with van der Waals surface area (Å²) in [6, 6.07) is 13.2. The zero-order valence-electron chi connectivity index (χ0n) is 22.9. The lowest BCUT2D eigenvalue weighted by Gasteiger charge is -2.18. The van der Waals surface area contributed by atoms with Crippen LogP contribution < -0.4 is 15.5 Å². The number of halogens is 3. The van der Waals surface area contributed by atoms with Crippen LogP contribution in [0.25, 0.3) is 5.65 Å². The fourth-order valence-corrected chi connectivity index (χ4v) is 4.45. The van der Waals surface area contributed by atoms with Gasteiger partial charge in [-0.2, -0.15) is 0 Å². The molecule has 216 valence electrons. The number of amides is 2. The minimum atomic E-state index is -2.64. The molecule has 12 heteroatoms. The molecule has 1 aliphatic rings. The Balaban J connectivity index is 0.000000483. The molecular formula is C29H32F3N7O2. The molecule has 1 saturated heterocycles. The maximum atomic E-state index is 12.7. The summed E-state index contributed by atoms with van der Waals surface area (Å²) < 4.78 is 38.1. The van der Waals surface area contributed by atoms with E-state index in [4.69, 9.17) is 0 Å². The third-order valence-electron chi connectivity index (χ3n) is 6.55. The summed E-state index contributed by atoms with van der Waals surface area (Å²) in [5.41, 5.74) is 3.11. The van der Waals surface area contributed by atoms with Gasteiger partial charge in [0.25, 0.3) is 18.2 Å². The van der Waals surface area contributed by atoms with Gasteiger partial charge in [0.2, 0.25) is 0 Å². The van der Waals surface area contributed by atoms with E-state index in [0.717, 1.165) is 30.4 Å². The number of benzene rings is 1. The van der Waals surface area contributed by atoms with Gasteiger partial charge in [-0.3, -0.25) is 14.6 Å². The fraction of sp³-hybridized carbons (Fsp3) is 0.345. The average molecular weight is 568 g/mol. The molecule has 4 aromatic rings. The number of rotatable bonds is 8. The first-order chi connectivity index (χ1) is 19.7. The van der Waals surface area contributed by atoms with Gasteiger partial charge in [-0.05, 0) is 61.2 Å². The second kappa shape index (κ2) is 13.7. The maximum absolute atomic E-state index is 12.7. The number of imidazole rings is 1. The standard InChI is InChI=1S/C23H27F2N7O2.C6H5F/c1-3-4-15-10-26-17(9-14(15)2)22(33)29-16-7-8-31(13-16)21-6-5-20-27-11-18(32(20)30-21)23(34)28-12-19(24)25;7-6-4-2-1-3-5-6/h5-6,9-11,16,19H,3-4,7-8,12-13H2,1-2H3,(H,28,34)(H,29,33);1-5H/t16-;/m0./s1. The molecule has 1 fully saturated rings. The molecular weight excluding hydrogens is 535 g/mol. The van der Waals surface area contributed by atoms with Crippen LogP contribution in [0.1, 0.15) is 51.9 Å². The topological polar surface area (TPSA) is 105 Å². The normalized spacial score (nSPS) is 14.6. The van der Waals surface area contributed by atoms with Crippen LogP contribution >= 0.6 is 0 Å². The van der Waals surface area contributed by atoms with E-state index in [9.17, 15) is 22.8 Å². The molecule has 1 aromatic carbocycles. The zero-order chi connectivity index (χ0) is 29.4. The molecule has 41 heavy (non-hydrogen) atoms. The zero-order valence-corrected chi connectivity index (χ0v) is 22.9. The molecule has 3 aromatic heterocycles. The van der Waals surface area contributed by atoms with E-state index in [1.165, 1.54) is 22.8 Å². The highest BCUT2D eigenvalue weighted by Gasteiger charge is 2.26. The van der Waals surface area contributed by atoms with Crippen LogP contribution in [0, 0.1) is 12.7 Å². The van der Waals surface area contributed by atoms with E-state index in [0.29, 0.717) is 30.2 Å². The third-order valence-corrected chi connectivity index (χ3v) is 6.55. The van der Waals surface area contributed by atoms with E-state index in [1.54, 1.807) is 36.5 Å². The molecule has 0 radical (unpaired) electrons. The van der Waals surface area contributed by atoms with Crippen LogP contribution in [0.3, 0.4) is 0 Å². The van der Waals surface area contributed by atoms with E-state index < -0.39 is 18.9 Å². The van der Waals surface area contributed by atoms with Crippen LogP contribution in [0.2, 0.25) is 0 Å². The second-order valence-electron chi connectivity index (χ2n) is 9.65. The maximum Gasteiger partial charge on any atom is 0.271 e. The second-order valence-corrected chi connectivity index (χ2v) is 9.65. The Labute approximate surface area is 235 Å². The Morgan fingerprint density at radius 2 is 1.85 bits per heavy atom. The fourth-order valence-electron chi connectivity index (χ4n) is 4.45. The molecule has 4 heterocycles. The first kappa shape index (κ1) is 29.5. The number of aromatic nitrogens is 4. The lowest BCUT2D eigenvalue weighted by molar-refractivity contribution is 0.0884. The summed E-state index contributed by atoms with van der Waals surface area (Å²) in [4.78, 5) is 35.4. The van der Waals surface area contributed by atoms with Crippen LogP contribution in [0.5, 0.6) is 0 Å². The quantitative estimate of drug-likeness (QED) is 0.331.